The molecule has 0 rings (SSSR count). The van der Waals surface area contributed by atoms with Gasteiger partial charge in [0.15, 0.2) is 5.78 Å². The van der Waals surface area contributed by atoms with Gasteiger partial charge < -0.3 is 24.3 Å². The number of hydrogen-bond acceptors (Lipinski definition) is 6. The van der Waals surface area contributed by atoms with E-state index in [1.54, 1.807) is 13.8 Å². The van der Waals surface area contributed by atoms with Gasteiger partial charge in [0.05, 0.1) is 52.4 Å². The Bertz CT molecular complexity index is 382. The summed E-state index contributed by atoms with van der Waals surface area (Å²) in [6, 6.07) is 0. The van der Waals surface area contributed by atoms with Crippen LogP contribution in [0.15, 0.2) is 12.2 Å². The van der Waals surface area contributed by atoms with E-state index in [4.69, 9.17) is 18.9 Å². The van der Waals surface area contributed by atoms with Gasteiger partial charge in [0.2, 0.25) is 5.91 Å². The van der Waals surface area contributed by atoms with Crippen LogP contribution < -0.4 is 5.32 Å². The molecule has 7 nitrogen and oxygen atoms in total. The van der Waals surface area contributed by atoms with E-state index in [0.29, 0.717) is 52.8 Å². The van der Waals surface area contributed by atoms with Gasteiger partial charge >= 0.3 is 0 Å². The van der Waals surface area contributed by atoms with Crippen molar-refractivity contribution < 1.29 is 28.5 Å². The van der Waals surface area contributed by atoms with Crippen LogP contribution in [0, 0.1) is 5.92 Å². The molecule has 0 aromatic heterocycles. The molecule has 0 aliphatic heterocycles. The van der Waals surface area contributed by atoms with Gasteiger partial charge in [-0.3, -0.25) is 9.59 Å². The molecule has 0 aromatic carbocycles. The number of ether oxygens (including phenoxy) is 4. The predicted octanol–water partition coefficient (Wildman–Crippen LogP) is 1.36. The summed E-state index contributed by atoms with van der Waals surface area (Å²) in [4.78, 5) is 22.8. The lowest BCUT2D eigenvalue weighted by Crippen LogP contribution is -2.26. The topological polar surface area (TPSA) is 83.1 Å². The number of carbonyl (C=O) groups is 2. The van der Waals surface area contributed by atoms with E-state index >= 15 is 0 Å². The zero-order valence-corrected chi connectivity index (χ0v) is 15.9. The van der Waals surface area contributed by atoms with Gasteiger partial charge in [-0.1, -0.05) is 13.8 Å². The minimum Gasteiger partial charge on any atom is -0.377 e. The lowest BCUT2D eigenvalue weighted by atomic mass is 10.1. The SMILES string of the molecule is CC(C)OCCOCCOCCOCCNC(=O)/C=C/C(=O)C(C)C. The number of amides is 1. The summed E-state index contributed by atoms with van der Waals surface area (Å²) in [5.74, 6) is -0.474. The second-order valence-electron chi connectivity index (χ2n) is 5.94. The van der Waals surface area contributed by atoms with Crippen LogP contribution in [0.3, 0.4) is 0 Å². The summed E-state index contributed by atoms with van der Waals surface area (Å²) < 4.78 is 21.4. The maximum absolute atomic E-state index is 11.4. The van der Waals surface area contributed by atoms with Crippen LogP contribution >= 0.6 is 0 Å². The highest BCUT2D eigenvalue weighted by Gasteiger charge is 2.03. The Morgan fingerprint density at radius 1 is 0.800 bits per heavy atom. The summed E-state index contributed by atoms with van der Waals surface area (Å²) in [6.45, 7) is 11.4. The molecule has 0 saturated carbocycles. The Hall–Kier alpha value is -1.28. The highest BCUT2D eigenvalue weighted by atomic mass is 16.6. The van der Waals surface area contributed by atoms with Crippen LogP contribution in [0.5, 0.6) is 0 Å². The molecule has 0 fully saturated rings. The number of rotatable bonds is 16. The third-order valence-corrected chi connectivity index (χ3v) is 2.94. The van der Waals surface area contributed by atoms with Gasteiger partial charge in [0, 0.05) is 18.5 Å². The summed E-state index contributed by atoms with van der Waals surface area (Å²) in [6.07, 6.45) is 2.77. The van der Waals surface area contributed by atoms with E-state index in [0.717, 1.165) is 0 Å². The lowest BCUT2D eigenvalue weighted by Gasteiger charge is -2.09. The Morgan fingerprint density at radius 3 is 1.84 bits per heavy atom. The Morgan fingerprint density at radius 2 is 1.32 bits per heavy atom. The summed E-state index contributed by atoms with van der Waals surface area (Å²) >= 11 is 0. The number of allylic oxidation sites excluding steroid dienone is 1. The molecular weight excluding hydrogens is 326 g/mol. The van der Waals surface area contributed by atoms with Crippen LogP contribution in [-0.2, 0) is 28.5 Å². The third kappa shape index (κ3) is 17.3. The van der Waals surface area contributed by atoms with Gasteiger partial charge in [-0.2, -0.15) is 0 Å². The maximum atomic E-state index is 11.4. The first kappa shape index (κ1) is 23.7. The van der Waals surface area contributed by atoms with E-state index in [1.165, 1.54) is 12.2 Å². The quantitative estimate of drug-likeness (QED) is 0.331. The molecule has 0 bridgehead atoms. The Labute approximate surface area is 151 Å². The molecule has 0 aliphatic carbocycles. The van der Waals surface area contributed by atoms with Gasteiger partial charge in [-0.25, -0.2) is 0 Å². The molecular formula is C18H33NO6. The Kier molecular flexibility index (Phi) is 15.4. The van der Waals surface area contributed by atoms with Gasteiger partial charge in [0.25, 0.3) is 0 Å². The molecule has 146 valence electrons. The molecule has 0 aromatic rings. The molecule has 7 heteroatoms. The number of hydrogen-bond donors (Lipinski definition) is 1. The molecule has 25 heavy (non-hydrogen) atoms. The van der Waals surface area contributed by atoms with Gasteiger partial charge in [0.1, 0.15) is 0 Å². The van der Waals surface area contributed by atoms with Crippen LogP contribution in [0.1, 0.15) is 27.7 Å². The van der Waals surface area contributed by atoms with Crippen molar-refractivity contribution in [3.8, 4) is 0 Å². The van der Waals surface area contributed by atoms with Crippen LogP contribution in [0.2, 0.25) is 0 Å². The van der Waals surface area contributed by atoms with E-state index < -0.39 is 0 Å². The molecule has 0 unspecified atom stereocenters. The van der Waals surface area contributed by atoms with E-state index in [1.807, 2.05) is 13.8 Å². The van der Waals surface area contributed by atoms with Crippen molar-refractivity contribution in [2.45, 2.75) is 33.8 Å². The molecule has 1 N–H and O–H groups in total. The first-order valence-electron chi connectivity index (χ1n) is 8.78. The monoisotopic (exact) mass is 359 g/mol. The van der Waals surface area contributed by atoms with E-state index in [-0.39, 0.29) is 23.7 Å². The largest absolute Gasteiger partial charge is 0.377 e. The zero-order valence-electron chi connectivity index (χ0n) is 15.9. The molecule has 0 heterocycles. The van der Waals surface area contributed by atoms with E-state index in [2.05, 4.69) is 5.32 Å². The highest BCUT2D eigenvalue weighted by molar-refractivity contribution is 5.98. The van der Waals surface area contributed by atoms with Gasteiger partial charge in [-0.05, 0) is 19.9 Å². The van der Waals surface area contributed by atoms with Crippen molar-refractivity contribution in [2.24, 2.45) is 5.92 Å². The van der Waals surface area contributed by atoms with Crippen LogP contribution in [0.4, 0.5) is 0 Å². The average molecular weight is 359 g/mol. The molecule has 0 saturated heterocycles. The van der Waals surface area contributed by atoms with Crippen molar-refractivity contribution >= 4 is 11.7 Å². The molecule has 0 atom stereocenters. The fourth-order valence-electron chi connectivity index (χ4n) is 1.54. The second-order valence-corrected chi connectivity index (χ2v) is 5.94. The fraction of sp³-hybridized carbons (Fsp3) is 0.778. The van der Waals surface area contributed by atoms with Crippen molar-refractivity contribution in [1.29, 1.82) is 0 Å². The number of carbonyl (C=O) groups excluding carboxylic acids is 2. The normalized spacial score (nSPS) is 11.6. The predicted molar refractivity (Wildman–Crippen MR) is 95.5 cm³/mol. The standard InChI is InChI=1S/C18H33NO6/c1-15(2)17(20)5-6-18(21)19-7-8-22-9-10-23-11-12-24-13-14-25-16(3)4/h5-6,15-16H,7-14H2,1-4H3,(H,19,21)/b6-5+. The summed E-state index contributed by atoms with van der Waals surface area (Å²) in [5, 5.41) is 2.64. The summed E-state index contributed by atoms with van der Waals surface area (Å²) in [5.41, 5.74) is 0. The smallest absolute Gasteiger partial charge is 0.244 e. The number of nitrogens with one attached hydrogen (secondary N) is 1. The lowest BCUT2D eigenvalue weighted by molar-refractivity contribution is -0.119. The van der Waals surface area contributed by atoms with Crippen LogP contribution in [0.25, 0.3) is 0 Å². The number of ketones is 1. The highest BCUT2D eigenvalue weighted by Crippen LogP contribution is 1.94. The average Bonchev–Trinajstić information content (AvgIpc) is 2.56. The Balaban J connectivity index is 3.31. The minimum absolute atomic E-state index is 0.0695. The van der Waals surface area contributed by atoms with Crippen molar-refractivity contribution in [3.05, 3.63) is 12.2 Å². The van der Waals surface area contributed by atoms with E-state index in [9.17, 15) is 9.59 Å². The molecule has 0 spiro atoms. The third-order valence-electron chi connectivity index (χ3n) is 2.94. The van der Waals surface area contributed by atoms with Crippen LogP contribution in [-0.4, -0.2) is 70.6 Å². The first-order chi connectivity index (χ1) is 11.9. The summed E-state index contributed by atoms with van der Waals surface area (Å²) in [7, 11) is 0. The molecule has 0 radical (unpaired) electrons. The zero-order chi connectivity index (χ0) is 18.9. The molecule has 0 aliphatic rings. The second kappa shape index (κ2) is 16.2. The molecule has 1 amide bonds. The van der Waals surface area contributed by atoms with Gasteiger partial charge in [-0.15, -0.1) is 0 Å². The maximum Gasteiger partial charge on any atom is 0.244 e. The van der Waals surface area contributed by atoms with Crippen molar-refractivity contribution in [1.82, 2.24) is 5.32 Å². The van der Waals surface area contributed by atoms with Crippen molar-refractivity contribution in [3.63, 3.8) is 0 Å². The van der Waals surface area contributed by atoms with Crippen molar-refractivity contribution in [2.75, 3.05) is 52.8 Å². The fourth-order valence-corrected chi connectivity index (χ4v) is 1.54. The first-order valence-corrected chi connectivity index (χ1v) is 8.78. The minimum atomic E-state index is -0.299.